The van der Waals surface area contributed by atoms with Crippen LogP contribution in [0.15, 0.2) is 33.7 Å². The van der Waals surface area contributed by atoms with E-state index in [4.69, 9.17) is 4.42 Å². The smallest absolute Gasteiger partial charge is 0.315 e. The van der Waals surface area contributed by atoms with Gasteiger partial charge in [0.15, 0.2) is 0 Å². The van der Waals surface area contributed by atoms with Crippen molar-refractivity contribution in [3.05, 3.63) is 62.4 Å². The maximum Gasteiger partial charge on any atom is 0.315 e. The number of nitrogens with zero attached hydrogens (tertiary/aromatic N) is 2. The van der Waals surface area contributed by atoms with Gasteiger partial charge in [-0.25, -0.2) is 0 Å². The van der Waals surface area contributed by atoms with Gasteiger partial charge in [0, 0.05) is 23.6 Å². The summed E-state index contributed by atoms with van der Waals surface area (Å²) < 4.78 is 5.89. The largest absolute Gasteiger partial charge is 0.502 e. The van der Waals surface area contributed by atoms with Gasteiger partial charge in [-0.1, -0.05) is 12.1 Å². The Kier molecular flexibility index (Phi) is 4.18. The number of fused-ring (bicyclic) bond motifs is 3. The first kappa shape index (κ1) is 17.3. The molecule has 0 saturated heterocycles. The van der Waals surface area contributed by atoms with Crippen LogP contribution in [0.2, 0.25) is 0 Å². The van der Waals surface area contributed by atoms with Crippen LogP contribution in [-0.4, -0.2) is 16.2 Å². The molecule has 0 radical (unpaired) electrons. The number of hydrogen-bond acceptors (Lipinski definition) is 5. The molecule has 0 atom stereocenters. The van der Waals surface area contributed by atoms with Crippen molar-refractivity contribution in [3.8, 4) is 5.75 Å². The highest BCUT2D eigenvalue weighted by Gasteiger charge is 2.27. The number of aromatic hydroxyl groups is 1. The van der Waals surface area contributed by atoms with Crippen LogP contribution >= 0.6 is 0 Å². The van der Waals surface area contributed by atoms with E-state index < -0.39 is 4.92 Å². The van der Waals surface area contributed by atoms with Crippen molar-refractivity contribution in [1.82, 2.24) is 0 Å². The van der Waals surface area contributed by atoms with Gasteiger partial charge in [0.25, 0.3) is 0 Å². The number of nitro groups is 1. The van der Waals surface area contributed by atoms with Gasteiger partial charge in [-0.05, 0) is 50.3 Å². The molecular formula is C21H20N2O4. The minimum atomic E-state index is -0.592. The summed E-state index contributed by atoms with van der Waals surface area (Å²) in [5, 5.41) is 22.7. The molecule has 1 aliphatic carbocycles. The maximum absolute atomic E-state index is 11.4. The van der Waals surface area contributed by atoms with Crippen LogP contribution < -0.4 is 0 Å². The number of hydrogen-bond donors (Lipinski definition) is 1. The van der Waals surface area contributed by atoms with Gasteiger partial charge in [0.1, 0.15) is 11.3 Å². The zero-order valence-electron chi connectivity index (χ0n) is 15.3. The third-order valence-corrected chi connectivity index (χ3v) is 5.13. The topological polar surface area (TPSA) is 88.9 Å². The average molecular weight is 364 g/mol. The summed E-state index contributed by atoms with van der Waals surface area (Å²) in [6.07, 6.45) is 5.24. The molecule has 1 heterocycles. The SMILES string of the molecule is Cc1ccc(C)c(N=Cc2c(O)c([N+](=O)[O-])cc3oc4c(c23)CCCC4)c1. The highest BCUT2D eigenvalue weighted by molar-refractivity contribution is 6.05. The van der Waals surface area contributed by atoms with Crippen molar-refractivity contribution in [1.29, 1.82) is 0 Å². The van der Waals surface area contributed by atoms with Crippen molar-refractivity contribution < 1.29 is 14.4 Å². The van der Waals surface area contributed by atoms with Crippen LogP contribution in [0.5, 0.6) is 5.75 Å². The standard InChI is InChI=1S/C21H20N2O4/c1-12-7-8-13(2)16(9-12)22-11-15-20-14-5-3-4-6-18(14)27-19(20)10-17(21(15)24)23(25)26/h7-11,24H,3-6H2,1-2H3. The van der Waals surface area contributed by atoms with Gasteiger partial charge in [0.05, 0.1) is 22.2 Å². The summed E-state index contributed by atoms with van der Waals surface area (Å²) in [6.45, 7) is 3.93. The third-order valence-electron chi connectivity index (χ3n) is 5.13. The molecule has 1 N–H and O–H groups in total. The first-order valence-corrected chi connectivity index (χ1v) is 9.01. The predicted molar refractivity (Wildman–Crippen MR) is 104 cm³/mol. The molecule has 0 spiro atoms. The quantitative estimate of drug-likeness (QED) is 0.388. The minimum absolute atomic E-state index is 0.354. The van der Waals surface area contributed by atoms with E-state index in [9.17, 15) is 15.2 Å². The number of phenolic OH excluding ortho intramolecular Hbond substituents is 1. The van der Waals surface area contributed by atoms with Gasteiger partial charge >= 0.3 is 5.69 Å². The second kappa shape index (κ2) is 6.54. The molecule has 1 aromatic heterocycles. The number of aliphatic imine (C=N–C) groups is 1. The molecule has 0 bridgehead atoms. The predicted octanol–water partition coefficient (Wildman–Crippen LogP) is 5.29. The molecule has 2 aromatic carbocycles. The number of benzene rings is 2. The molecule has 27 heavy (non-hydrogen) atoms. The van der Waals surface area contributed by atoms with E-state index in [-0.39, 0.29) is 11.4 Å². The van der Waals surface area contributed by atoms with Gasteiger partial charge in [-0.15, -0.1) is 0 Å². The summed E-state index contributed by atoms with van der Waals surface area (Å²) >= 11 is 0. The van der Waals surface area contributed by atoms with Crippen molar-refractivity contribution >= 4 is 28.6 Å². The summed E-state index contributed by atoms with van der Waals surface area (Å²) in [7, 11) is 0. The number of phenols is 1. The molecule has 0 amide bonds. The van der Waals surface area contributed by atoms with Crippen molar-refractivity contribution in [2.45, 2.75) is 39.5 Å². The highest BCUT2D eigenvalue weighted by Crippen LogP contribution is 2.41. The second-order valence-electron chi connectivity index (χ2n) is 7.05. The number of furan rings is 1. The Balaban J connectivity index is 1.95. The summed E-state index contributed by atoms with van der Waals surface area (Å²) in [4.78, 5) is 15.3. The van der Waals surface area contributed by atoms with E-state index in [1.54, 1.807) is 0 Å². The molecular weight excluding hydrogens is 344 g/mol. The van der Waals surface area contributed by atoms with E-state index in [0.29, 0.717) is 11.1 Å². The van der Waals surface area contributed by atoms with Gasteiger partial charge in [-0.3, -0.25) is 15.1 Å². The summed E-state index contributed by atoms with van der Waals surface area (Å²) in [5.74, 6) is 0.494. The summed E-state index contributed by atoms with van der Waals surface area (Å²) in [5.41, 5.74) is 4.29. The lowest BCUT2D eigenvalue weighted by atomic mass is 9.93. The van der Waals surface area contributed by atoms with Crippen LogP contribution in [0.25, 0.3) is 11.0 Å². The molecule has 1 aliphatic rings. The second-order valence-corrected chi connectivity index (χ2v) is 7.05. The number of nitro benzene ring substituents is 1. The first-order chi connectivity index (χ1) is 13.0. The molecule has 0 fully saturated rings. The molecule has 6 heteroatoms. The molecule has 6 nitrogen and oxygen atoms in total. The Hall–Kier alpha value is -3.15. The number of aryl methyl sites for hydroxylation is 4. The van der Waals surface area contributed by atoms with Crippen molar-refractivity contribution in [2.24, 2.45) is 4.99 Å². The fourth-order valence-corrected chi connectivity index (χ4v) is 3.69. The lowest BCUT2D eigenvalue weighted by Crippen LogP contribution is -2.00. The zero-order valence-corrected chi connectivity index (χ0v) is 15.3. The van der Waals surface area contributed by atoms with Crippen LogP contribution in [0.3, 0.4) is 0 Å². The Morgan fingerprint density at radius 1 is 1.22 bits per heavy atom. The highest BCUT2D eigenvalue weighted by atomic mass is 16.6. The Morgan fingerprint density at radius 3 is 2.78 bits per heavy atom. The van der Waals surface area contributed by atoms with Crippen LogP contribution in [0, 0.1) is 24.0 Å². The number of rotatable bonds is 3. The maximum atomic E-state index is 11.4. The zero-order chi connectivity index (χ0) is 19.1. The Labute approximate surface area is 156 Å². The molecule has 0 unspecified atom stereocenters. The monoisotopic (exact) mass is 364 g/mol. The van der Waals surface area contributed by atoms with Crippen molar-refractivity contribution in [2.75, 3.05) is 0 Å². The fraction of sp³-hybridized carbons (Fsp3) is 0.286. The van der Waals surface area contributed by atoms with Crippen LogP contribution in [0.1, 0.15) is 40.9 Å². The lowest BCUT2D eigenvalue weighted by molar-refractivity contribution is -0.385. The van der Waals surface area contributed by atoms with Gasteiger partial charge in [0.2, 0.25) is 5.75 Å². The minimum Gasteiger partial charge on any atom is -0.502 e. The Morgan fingerprint density at radius 2 is 2.00 bits per heavy atom. The van der Waals surface area contributed by atoms with E-state index in [1.165, 1.54) is 12.3 Å². The molecule has 0 aliphatic heterocycles. The average Bonchev–Trinajstić information content (AvgIpc) is 3.01. The molecule has 3 aromatic rings. The molecule has 4 rings (SSSR count). The normalized spacial score (nSPS) is 14.0. The van der Waals surface area contributed by atoms with Crippen molar-refractivity contribution in [3.63, 3.8) is 0 Å². The van der Waals surface area contributed by atoms with Gasteiger partial charge < -0.3 is 9.52 Å². The molecule has 138 valence electrons. The Bertz CT molecular complexity index is 1100. The van der Waals surface area contributed by atoms with E-state index in [1.807, 2.05) is 32.0 Å². The van der Waals surface area contributed by atoms with E-state index >= 15 is 0 Å². The van der Waals surface area contributed by atoms with Crippen LogP contribution in [0.4, 0.5) is 11.4 Å². The van der Waals surface area contributed by atoms with E-state index in [2.05, 4.69) is 4.99 Å². The first-order valence-electron chi connectivity index (χ1n) is 9.01. The third kappa shape index (κ3) is 2.97. The summed E-state index contributed by atoms with van der Waals surface area (Å²) in [6, 6.07) is 7.25. The lowest BCUT2D eigenvalue weighted by Gasteiger charge is -2.10. The van der Waals surface area contributed by atoms with E-state index in [0.717, 1.165) is 59.2 Å². The fourth-order valence-electron chi connectivity index (χ4n) is 3.69. The molecule has 0 saturated carbocycles. The van der Waals surface area contributed by atoms with Crippen LogP contribution in [-0.2, 0) is 12.8 Å². The van der Waals surface area contributed by atoms with Gasteiger partial charge in [-0.2, -0.15) is 0 Å².